The first-order chi connectivity index (χ1) is 14.8. The Morgan fingerprint density at radius 3 is 2.68 bits per heavy atom. The van der Waals surface area contributed by atoms with Gasteiger partial charge in [0.1, 0.15) is 0 Å². The van der Waals surface area contributed by atoms with Gasteiger partial charge in [-0.1, -0.05) is 18.2 Å². The number of aliphatic hydroxyl groups is 1. The number of esters is 1. The van der Waals surface area contributed by atoms with E-state index in [2.05, 4.69) is 16.4 Å². The molecule has 0 spiro atoms. The van der Waals surface area contributed by atoms with Crippen molar-refractivity contribution >= 4 is 39.9 Å². The number of anilines is 1. The number of carbonyl (C=O) groups excluding carboxylic acids is 1. The molecule has 0 fully saturated rings. The summed E-state index contributed by atoms with van der Waals surface area (Å²) in [5.74, 6) is -0.489. The van der Waals surface area contributed by atoms with Gasteiger partial charge in [-0.3, -0.25) is 4.79 Å². The van der Waals surface area contributed by atoms with Crippen molar-refractivity contribution in [1.29, 1.82) is 0 Å². The molecule has 0 radical (unpaired) electrons. The van der Waals surface area contributed by atoms with Crippen molar-refractivity contribution in [3.8, 4) is 0 Å². The smallest absolute Gasteiger partial charge is 0.339 e. The summed E-state index contributed by atoms with van der Waals surface area (Å²) < 4.78 is 4.82. The van der Waals surface area contributed by atoms with Crippen molar-refractivity contribution in [1.82, 2.24) is 9.88 Å². The Hall–Kier alpha value is -3.23. The molecule has 0 aliphatic rings. The average molecular weight is 440 g/mol. The second-order valence-corrected chi connectivity index (χ2v) is 7.67. The van der Waals surface area contributed by atoms with E-state index in [9.17, 15) is 14.7 Å². The summed E-state index contributed by atoms with van der Waals surface area (Å²) in [6, 6.07) is 12.7. The zero-order valence-electron chi connectivity index (χ0n) is 17.7. The van der Waals surface area contributed by atoms with Gasteiger partial charge in [0.05, 0.1) is 31.5 Å². The maximum Gasteiger partial charge on any atom is 0.339 e. The molecule has 1 aromatic heterocycles. The number of rotatable bonds is 6. The number of para-hydroxylation sites is 1. The Morgan fingerprint density at radius 1 is 1.23 bits per heavy atom. The van der Waals surface area contributed by atoms with Gasteiger partial charge in [0.2, 0.25) is 0 Å². The second kappa shape index (κ2) is 9.72. The molecule has 3 aromatic rings. The number of benzene rings is 2. The third-order valence-corrected chi connectivity index (χ3v) is 5.34. The van der Waals surface area contributed by atoms with Crippen LogP contribution in [0.1, 0.15) is 27.0 Å². The van der Waals surface area contributed by atoms with Crippen LogP contribution in [0.5, 0.6) is 0 Å². The molecule has 7 nitrogen and oxygen atoms in total. The number of methoxy groups -OCH3 is 1. The number of carbonyl (C=O) groups is 1. The van der Waals surface area contributed by atoms with Crippen molar-refractivity contribution in [2.75, 3.05) is 25.6 Å². The molecule has 0 saturated carbocycles. The van der Waals surface area contributed by atoms with Gasteiger partial charge in [-0.2, -0.15) is 0 Å². The quantitative estimate of drug-likeness (QED) is 0.401. The SMILES string of the molecule is COC(=O)c1ccccc1NC(=S)N(CCO)Cc1cc2c(C)cc(C)cc2[nH]c1=O. The molecular weight excluding hydrogens is 414 g/mol. The largest absolute Gasteiger partial charge is 0.465 e. The lowest BCUT2D eigenvalue weighted by atomic mass is 10.0. The van der Waals surface area contributed by atoms with Gasteiger partial charge >= 0.3 is 5.97 Å². The van der Waals surface area contributed by atoms with E-state index in [0.717, 1.165) is 22.0 Å². The van der Waals surface area contributed by atoms with Gasteiger partial charge in [0.25, 0.3) is 5.56 Å². The zero-order chi connectivity index (χ0) is 22.5. The molecule has 0 aliphatic carbocycles. The molecule has 162 valence electrons. The molecule has 3 rings (SSSR count). The monoisotopic (exact) mass is 439 g/mol. The number of nitrogens with one attached hydrogen (secondary N) is 2. The van der Waals surface area contributed by atoms with Crippen molar-refractivity contribution in [2.24, 2.45) is 0 Å². The standard InChI is InChI=1S/C23H25N3O4S/c1-14-10-15(2)18-12-16(21(28)24-20(18)11-14)13-26(8-9-27)23(31)25-19-7-5-4-6-17(19)22(29)30-3/h4-7,10-12,27H,8-9,13H2,1-3H3,(H,24,28)(H,25,31). The van der Waals surface area contributed by atoms with Crippen molar-refractivity contribution in [3.05, 3.63) is 75.1 Å². The van der Waals surface area contributed by atoms with Crippen LogP contribution < -0.4 is 10.9 Å². The average Bonchev–Trinajstić information content (AvgIpc) is 2.74. The summed E-state index contributed by atoms with van der Waals surface area (Å²) >= 11 is 5.53. The highest BCUT2D eigenvalue weighted by atomic mass is 32.1. The first-order valence-corrected chi connectivity index (χ1v) is 10.2. The van der Waals surface area contributed by atoms with Gasteiger partial charge < -0.3 is 25.0 Å². The molecule has 0 bridgehead atoms. The molecule has 0 aliphatic heterocycles. The highest BCUT2D eigenvalue weighted by Crippen LogP contribution is 2.20. The van der Waals surface area contributed by atoms with E-state index in [1.165, 1.54) is 7.11 Å². The first kappa shape index (κ1) is 22.5. The Kier molecular flexibility index (Phi) is 7.04. The molecular formula is C23H25N3O4S. The van der Waals surface area contributed by atoms with Crippen molar-refractivity contribution < 1.29 is 14.6 Å². The van der Waals surface area contributed by atoms with Crippen LogP contribution in [-0.4, -0.2) is 46.3 Å². The summed E-state index contributed by atoms with van der Waals surface area (Å²) in [5, 5.41) is 13.8. The second-order valence-electron chi connectivity index (χ2n) is 7.28. The number of pyridine rings is 1. The van der Waals surface area contributed by atoms with Crippen LogP contribution in [0.2, 0.25) is 0 Å². The van der Waals surface area contributed by atoms with Gasteiger partial charge in [-0.15, -0.1) is 0 Å². The summed E-state index contributed by atoms with van der Waals surface area (Å²) in [6.45, 7) is 4.25. The minimum atomic E-state index is -0.489. The van der Waals surface area contributed by atoms with Gasteiger partial charge in [0, 0.05) is 23.0 Å². The normalized spacial score (nSPS) is 10.7. The van der Waals surface area contributed by atoms with E-state index in [0.29, 0.717) is 16.8 Å². The minimum absolute atomic E-state index is 0.149. The van der Waals surface area contributed by atoms with E-state index in [1.807, 2.05) is 26.0 Å². The molecule has 0 amide bonds. The number of aliphatic hydroxyl groups excluding tert-OH is 1. The number of aromatic nitrogens is 1. The zero-order valence-corrected chi connectivity index (χ0v) is 18.5. The Balaban J connectivity index is 1.90. The van der Waals surface area contributed by atoms with Crippen LogP contribution in [0.3, 0.4) is 0 Å². The third-order valence-electron chi connectivity index (χ3n) is 4.98. The van der Waals surface area contributed by atoms with E-state index < -0.39 is 5.97 Å². The molecule has 1 heterocycles. The summed E-state index contributed by atoms with van der Waals surface area (Å²) in [7, 11) is 1.31. The van der Waals surface area contributed by atoms with Crippen LogP contribution in [0.4, 0.5) is 5.69 Å². The fourth-order valence-electron chi connectivity index (χ4n) is 3.49. The lowest BCUT2D eigenvalue weighted by molar-refractivity contribution is 0.0602. The fraction of sp³-hybridized carbons (Fsp3) is 0.261. The predicted molar refractivity (Wildman–Crippen MR) is 126 cm³/mol. The number of thiocarbonyl (C=S) groups is 1. The lowest BCUT2D eigenvalue weighted by Crippen LogP contribution is -2.38. The van der Waals surface area contributed by atoms with Crippen LogP contribution in [0.25, 0.3) is 10.9 Å². The topological polar surface area (TPSA) is 94.7 Å². The van der Waals surface area contributed by atoms with E-state index in [1.54, 1.807) is 29.2 Å². The van der Waals surface area contributed by atoms with Crippen LogP contribution in [0.15, 0.2) is 47.3 Å². The Morgan fingerprint density at radius 2 is 1.97 bits per heavy atom. The lowest BCUT2D eigenvalue weighted by Gasteiger charge is -2.25. The number of fused-ring (bicyclic) bond motifs is 1. The van der Waals surface area contributed by atoms with Gasteiger partial charge in [-0.25, -0.2) is 4.79 Å². The summed E-state index contributed by atoms with van der Waals surface area (Å²) in [4.78, 5) is 29.3. The fourth-order valence-corrected chi connectivity index (χ4v) is 3.75. The van der Waals surface area contributed by atoms with Crippen LogP contribution in [0, 0.1) is 13.8 Å². The first-order valence-electron chi connectivity index (χ1n) is 9.81. The van der Waals surface area contributed by atoms with E-state index in [-0.39, 0.29) is 30.4 Å². The molecule has 2 aromatic carbocycles. The van der Waals surface area contributed by atoms with Crippen LogP contribution >= 0.6 is 12.2 Å². The summed E-state index contributed by atoms with van der Waals surface area (Å²) in [5.41, 5.74) is 4.06. The molecule has 3 N–H and O–H groups in total. The molecule has 0 saturated heterocycles. The van der Waals surface area contributed by atoms with Crippen molar-refractivity contribution in [3.63, 3.8) is 0 Å². The highest BCUT2D eigenvalue weighted by molar-refractivity contribution is 7.80. The van der Waals surface area contributed by atoms with Crippen molar-refractivity contribution in [2.45, 2.75) is 20.4 Å². The van der Waals surface area contributed by atoms with Crippen LogP contribution in [-0.2, 0) is 11.3 Å². The Bertz CT molecular complexity index is 1190. The van der Waals surface area contributed by atoms with E-state index >= 15 is 0 Å². The number of aryl methyl sites for hydroxylation is 2. The highest BCUT2D eigenvalue weighted by Gasteiger charge is 2.17. The molecule has 8 heteroatoms. The number of H-pyrrole nitrogens is 1. The summed E-state index contributed by atoms with van der Waals surface area (Å²) in [6.07, 6.45) is 0. The minimum Gasteiger partial charge on any atom is -0.465 e. The molecule has 31 heavy (non-hydrogen) atoms. The number of hydrogen-bond acceptors (Lipinski definition) is 5. The Labute approximate surface area is 185 Å². The number of nitrogens with zero attached hydrogens (tertiary/aromatic N) is 1. The maximum atomic E-state index is 12.7. The number of ether oxygens (including phenoxy) is 1. The third kappa shape index (κ3) is 5.10. The van der Waals surface area contributed by atoms with Gasteiger partial charge in [-0.05, 0) is 61.5 Å². The molecule has 0 atom stereocenters. The number of hydrogen-bond donors (Lipinski definition) is 3. The van der Waals surface area contributed by atoms with Gasteiger partial charge in [0.15, 0.2) is 5.11 Å². The molecule has 0 unspecified atom stereocenters. The van der Waals surface area contributed by atoms with E-state index in [4.69, 9.17) is 17.0 Å². The maximum absolute atomic E-state index is 12.7. The predicted octanol–water partition coefficient (Wildman–Crippen LogP) is 3.12. The number of aromatic amines is 1.